The predicted molar refractivity (Wildman–Crippen MR) is 89.7 cm³/mol. The van der Waals surface area contributed by atoms with Crippen LogP contribution in [0.3, 0.4) is 0 Å². The third kappa shape index (κ3) is 3.24. The van der Waals surface area contributed by atoms with E-state index in [9.17, 15) is 4.79 Å². The van der Waals surface area contributed by atoms with Crippen molar-refractivity contribution in [3.63, 3.8) is 0 Å². The van der Waals surface area contributed by atoms with E-state index in [-0.39, 0.29) is 24.5 Å². The largest absolute Gasteiger partial charge is 0.396 e. The van der Waals surface area contributed by atoms with Crippen molar-refractivity contribution in [3.05, 3.63) is 60.3 Å². The van der Waals surface area contributed by atoms with Gasteiger partial charge in [-0.05, 0) is 12.5 Å². The van der Waals surface area contributed by atoms with Crippen molar-refractivity contribution in [1.82, 2.24) is 10.3 Å². The highest BCUT2D eigenvalue weighted by molar-refractivity contribution is 6.02. The average Bonchev–Trinajstić information content (AvgIpc) is 3.03. The molecular weight excluding hydrogens is 290 g/mol. The van der Waals surface area contributed by atoms with Gasteiger partial charge < -0.3 is 16.2 Å². The zero-order chi connectivity index (χ0) is 16.2. The van der Waals surface area contributed by atoms with E-state index in [4.69, 9.17) is 10.8 Å². The van der Waals surface area contributed by atoms with Crippen molar-refractivity contribution in [3.8, 4) is 11.3 Å². The molecule has 118 valence electrons. The van der Waals surface area contributed by atoms with E-state index in [1.807, 2.05) is 42.5 Å². The summed E-state index contributed by atoms with van der Waals surface area (Å²) in [5.74, 6) is -0.120. The smallest absolute Gasteiger partial charge is 0.253 e. The van der Waals surface area contributed by atoms with Gasteiger partial charge in [-0.25, -0.2) is 0 Å². The first kappa shape index (κ1) is 15.2. The number of hydrogen-bond acceptors (Lipinski definition) is 4. The Morgan fingerprint density at radius 3 is 2.74 bits per heavy atom. The van der Waals surface area contributed by atoms with E-state index in [0.29, 0.717) is 23.4 Å². The number of hydrogen-bond donors (Lipinski definition) is 3. The second kappa shape index (κ2) is 6.62. The molecule has 0 saturated heterocycles. The number of aliphatic hydroxyl groups is 1. The van der Waals surface area contributed by atoms with Crippen LogP contribution in [0.2, 0.25) is 0 Å². The maximum absolute atomic E-state index is 12.5. The number of nitrogens with one attached hydrogen (secondary N) is 1. The topological polar surface area (TPSA) is 88.2 Å². The van der Waals surface area contributed by atoms with Gasteiger partial charge in [-0.15, -0.1) is 0 Å². The number of nitrogens with two attached hydrogens (primary N) is 1. The van der Waals surface area contributed by atoms with E-state index < -0.39 is 0 Å². The number of benzene rings is 1. The van der Waals surface area contributed by atoms with E-state index in [2.05, 4.69) is 10.3 Å². The van der Waals surface area contributed by atoms with Gasteiger partial charge >= 0.3 is 0 Å². The summed E-state index contributed by atoms with van der Waals surface area (Å²) in [5.41, 5.74) is 8.43. The minimum Gasteiger partial charge on any atom is -0.396 e. The maximum Gasteiger partial charge on any atom is 0.253 e. The number of carbonyl (C=O) groups is 1. The zero-order valence-corrected chi connectivity index (χ0v) is 12.6. The lowest BCUT2D eigenvalue weighted by atomic mass is 10.1. The third-order valence-electron chi connectivity index (χ3n) is 4.01. The Morgan fingerprint density at radius 1 is 1.26 bits per heavy atom. The number of aromatic nitrogens is 1. The highest BCUT2D eigenvalue weighted by atomic mass is 16.3. The minimum absolute atomic E-state index is 0.0765. The SMILES string of the molecule is Nc1c(C(=O)N[C@@H]2C=C[C@H](CO)C2)ccnc1-c1ccccc1. The van der Waals surface area contributed by atoms with Crippen LogP contribution >= 0.6 is 0 Å². The lowest BCUT2D eigenvalue weighted by molar-refractivity contribution is 0.0942. The first-order valence-corrected chi connectivity index (χ1v) is 7.59. The highest BCUT2D eigenvalue weighted by Crippen LogP contribution is 2.26. The predicted octanol–water partition coefficient (Wildman–Crippen LogP) is 2.00. The van der Waals surface area contributed by atoms with E-state index in [0.717, 1.165) is 5.56 Å². The van der Waals surface area contributed by atoms with Crippen LogP contribution in [-0.2, 0) is 0 Å². The van der Waals surface area contributed by atoms with Crippen LogP contribution < -0.4 is 11.1 Å². The molecule has 0 fully saturated rings. The van der Waals surface area contributed by atoms with Gasteiger partial charge in [-0.1, -0.05) is 42.5 Å². The van der Waals surface area contributed by atoms with Crippen LogP contribution in [0.1, 0.15) is 16.8 Å². The Bertz CT molecular complexity index is 728. The lowest BCUT2D eigenvalue weighted by Crippen LogP contribution is -2.33. The van der Waals surface area contributed by atoms with Gasteiger partial charge in [0.25, 0.3) is 5.91 Å². The van der Waals surface area contributed by atoms with Crippen molar-refractivity contribution in [1.29, 1.82) is 0 Å². The molecule has 1 aromatic heterocycles. The lowest BCUT2D eigenvalue weighted by Gasteiger charge is -2.15. The van der Waals surface area contributed by atoms with E-state index in [1.54, 1.807) is 12.3 Å². The van der Waals surface area contributed by atoms with Gasteiger partial charge in [0.2, 0.25) is 0 Å². The Hall–Kier alpha value is -2.66. The molecule has 23 heavy (non-hydrogen) atoms. The molecule has 2 aromatic rings. The van der Waals surface area contributed by atoms with Crippen LogP contribution in [0, 0.1) is 5.92 Å². The molecule has 1 heterocycles. The first-order valence-electron chi connectivity index (χ1n) is 7.59. The molecule has 5 heteroatoms. The summed E-state index contributed by atoms with van der Waals surface area (Å²) in [6.07, 6.45) is 6.14. The average molecular weight is 309 g/mol. The molecule has 4 N–H and O–H groups in total. The number of pyridine rings is 1. The second-order valence-corrected chi connectivity index (χ2v) is 5.63. The first-order chi connectivity index (χ1) is 11.2. The summed E-state index contributed by atoms with van der Waals surface area (Å²) in [6.45, 7) is 0.0957. The number of amides is 1. The van der Waals surface area contributed by atoms with Gasteiger partial charge in [0.1, 0.15) is 0 Å². The number of nitrogens with zero attached hydrogens (tertiary/aromatic N) is 1. The molecule has 0 aliphatic heterocycles. The van der Waals surface area contributed by atoms with E-state index >= 15 is 0 Å². The minimum atomic E-state index is -0.227. The van der Waals surface area contributed by atoms with E-state index in [1.165, 1.54) is 0 Å². The summed E-state index contributed by atoms with van der Waals surface area (Å²) < 4.78 is 0. The van der Waals surface area contributed by atoms with Gasteiger partial charge in [-0.2, -0.15) is 0 Å². The fraction of sp³-hybridized carbons (Fsp3) is 0.222. The fourth-order valence-corrected chi connectivity index (χ4v) is 2.76. The van der Waals surface area contributed by atoms with Crippen LogP contribution in [0.25, 0.3) is 11.3 Å². The normalized spacial score (nSPS) is 19.7. The number of aliphatic hydroxyl groups excluding tert-OH is 1. The van der Waals surface area contributed by atoms with Crippen molar-refractivity contribution in [2.24, 2.45) is 5.92 Å². The maximum atomic E-state index is 12.5. The number of carbonyl (C=O) groups excluding carboxylic acids is 1. The molecule has 1 aromatic carbocycles. The van der Waals surface area contributed by atoms with Gasteiger partial charge in [0, 0.05) is 30.3 Å². The fourth-order valence-electron chi connectivity index (χ4n) is 2.76. The molecule has 1 aliphatic carbocycles. The summed E-state index contributed by atoms with van der Waals surface area (Å²) >= 11 is 0. The van der Waals surface area contributed by atoms with Gasteiger partial charge in [-0.3, -0.25) is 9.78 Å². The van der Waals surface area contributed by atoms with Crippen LogP contribution in [0.5, 0.6) is 0 Å². The molecule has 0 spiro atoms. The monoisotopic (exact) mass is 309 g/mol. The Morgan fingerprint density at radius 2 is 2.04 bits per heavy atom. The van der Waals surface area contributed by atoms with Crippen LogP contribution in [0.15, 0.2) is 54.7 Å². The molecular formula is C18H19N3O2. The standard InChI is InChI=1S/C18H19N3O2/c19-16-15(18(23)21-14-7-6-12(10-14)11-22)8-9-20-17(16)13-4-2-1-3-5-13/h1-9,12,14,22H,10-11,19H2,(H,21,23)/t12-,14+/m0/s1. The summed E-state index contributed by atoms with van der Waals surface area (Å²) in [6, 6.07) is 11.1. The second-order valence-electron chi connectivity index (χ2n) is 5.63. The molecule has 5 nitrogen and oxygen atoms in total. The third-order valence-corrected chi connectivity index (χ3v) is 4.01. The molecule has 1 aliphatic rings. The quantitative estimate of drug-likeness (QED) is 0.754. The van der Waals surface area contributed by atoms with Crippen molar-refractivity contribution >= 4 is 11.6 Å². The summed E-state index contributed by atoms with van der Waals surface area (Å²) in [5, 5.41) is 12.1. The Balaban J connectivity index is 1.81. The number of rotatable bonds is 4. The molecule has 0 radical (unpaired) electrons. The molecule has 0 unspecified atom stereocenters. The molecule has 1 amide bonds. The summed E-state index contributed by atoms with van der Waals surface area (Å²) in [4.78, 5) is 16.8. The van der Waals surface area contributed by atoms with Crippen molar-refractivity contribution in [2.45, 2.75) is 12.5 Å². The number of anilines is 1. The van der Waals surface area contributed by atoms with Crippen molar-refractivity contribution in [2.75, 3.05) is 12.3 Å². The van der Waals surface area contributed by atoms with Gasteiger partial charge in [0.05, 0.1) is 16.9 Å². The number of nitrogen functional groups attached to an aromatic ring is 1. The van der Waals surface area contributed by atoms with Crippen LogP contribution in [-0.4, -0.2) is 28.6 Å². The Labute approximate surface area is 134 Å². The summed E-state index contributed by atoms with van der Waals surface area (Å²) in [7, 11) is 0. The van der Waals surface area contributed by atoms with Gasteiger partial charge in [0.15, 0.2) is 0 Å². The molecule has 2 atom stereocenters. The van der Waals surface area contributed by atoms with Crippen molar-refractivity contribution < 1.29 is 9.90 Å². The van der Waals surface area contributed by atoms with Crippen LogP contribution in [0.4, 0.5) is 5.69 Å². The zero-order valence-electron chi connectivity index (χ0n) is 12.6. The molecule has 3 rings (SSSR count). The Kier molecular flexibility index (Phi) is 4.39. The highest BCUT2D eigenvalue weighted by Gasteiger charge is 2.22. The molecule has 0 saturated carbocycles. The molecule has 0 bridgehead atoms.